The summed E-state index contributed by atoms with van der Waals surface area (Å²) in [7, 11) is 1.56. The largest absolute Gasteiger partial charge is 0.491 e. The summed E-state index contributed by atoms with van der Waals surface area (Å²) in [5, 5.41) is 13.4. The average Bonchev–Trinajstić information content (AvgIpc) is 3.04. The number of rotatable bonds is 6. The predicted octanol–water partition coefficient (Wildman–Crippen LogP) is 3.46. The van der Waals surface area contributed by atoms with Crippen LogP contribution >= 0.6 is 0 Å². The second kappa shape index (κ2) is 7.43. The summed E-state index contributed by atoms with van der Waals surface area (Å²) in [6.45, 7) is 4.24. The number of anilines is 1. The molecular formula is C19H21FN4O2. The second-order valence-electron chi connectivity index (χ2n) is 6.18. The monoisotopic (exact) mass is 356 g/mol. The highest BCUT2D eigenvalue weighted by Crippen LogP contribution is 2.24. The molecule has 0 atom stereocenters. The quantitative estimate of drug-likeness (QED) is 0.632. The highest BCUT2D eigenvalue weighted by Gasteiger charge is 2.13. The molecular weight excluding hydrogens is 335 g/mol. The third-order valence-corrected chi connectivity index (χ3v) is 3.87. The van der Waals surface area contributed by atoms with Gasteiger partial charge in [-0.2, -0.15) is 5.10 Å². The van der Waals surface area contributed by atoms with Crippen LogP contribution in [0.15, 0.2) is 36.4 Å². The van der Waals surface area contributed by atoms with Gasteiger partial charge in [-0.1, -0.05) is 0 Å². The third kappa shape index (κ3) is 3.77. The minimum absolute atomic E-state index is 0.00314. The highest BCUT2D eigenvalue weighted by molar-refractivity contribution is 6.05. The molecule has 0 aliphatic rings. The van der Waals surface area contributed by atoms with Gasteiger partial charge in [0.15, 0.2) is 5.69 Å². The number of carbonyl (C=O) groups is 1. The van der Waals surface area contributed by atoms with Crippen LogP contribution in [0.25, 0.3) is 10.9 Å². The summed E-state index contributed by atoms with van der Waals surface area (Å²) >= 11 is 0. The van der Waals surface area contributed by atoms with E-state index in [2.05, 4.69) is 20.8 Å². The van der Waals surface area contributed by atoms with Crippen molar-refractivity contribution in [3.8, 4) is 5.75 Å². The van der Waals surface area contributed by atoms with Crippen LogP contribution in [0.5, 0.6) is 5.75 Å². The summed E-state index contributed by atoms with van der Waals surface area (Å²) in [4.78, 5) is 11.9. The fraction of sp³-hybridized carbons (Fsp3) is 0.263. The van der Waals surface area contributed by atoms with Crippen molar-refractivity contribution in [1.29, 1.82) is 0 Å². The molecule has 1 heterocycles. The molecule has 0 bridgehead atoms. The first kappa shape index (κ1) is 17.7. The summed E-state index contributed by atoms with van der Waals surface area (Å²) < 4.78 is 19.4. The number of nitrogens with one attached hydrogen (secondary N) is 3. The van der Waals surface area contributed by atoms with E-state index in [1.165, 1.54) is 12.1 Å². The Bertz CT molecular complexity index is 936. The van der Waals surface area contributed by atoms with Crippen molar-refractivity contribution in [1.82, 2.24) is 15.5 Å². The van der Waals surface area contributed by atoms with E-state index in [1.807, 2.05) is 32.0 Å². The van der Waals surface area contributed by atoms with E-state index in [9.17, 15) is 9.18 Å². The van der Waals surface area contributed by atoms with Gasteiger partial charge < -0.3 is 15.4 Å². The van der Waals surface area contributed by atoms with Crippen LogP contribution in [-0.4, -0.2) is 29.3 Å². The maximum atomic E-state index is 13.6. The molecule has 0 aliphatic heterocycles. The smallest absolute Gasteiger partial charge is 0.272 e. The lowest BCUT2D eigenvalue weighted by atomic mass is 10.1. The predicted molar refractivity (Wildman–Crippen MR) is 99.0 cm³/mol. The Kier molecular flexibility index (Phi) is 5.06. The van der Waals surface area contributed by atoms with Crippen molar-refractivity contribution in [3.05, 3.63) is 53.5 Å². The van der Waals surface area contributed by atoms with Gasteiger partial charge in [0.05, 0.1) is 11.6 Å². The van der Waals surface area contributed by atoms with Crippen LogP contribution in [0.1, 0.15) is 29.9 Å². The Morgan fingerprint density at radius 3 is 2.81 bits per heavy atom. The van der Waals surface area contributed by atoms with Crippen LogP contribution in [0, 0.1) is 5.82 Å². The molecule has 3 aromatic rings. The van der Waals surface area contributed by atoms with Gasteiger partial charge in [-0.15, -0.1) is 0 Å². The summed E-state index contributed by atoms with van der Waals surface area (Å²) in [5.74, 6) is 0.0700. The van der Waals surface area contributed by atoms with Gasteiger partial charge in [-0.3, -0.25) is 9.89 Å². The van der Waals surface area contributed by atoms with Gasteiger partial charge in [0.25, 0.3) is 5.91 Å². The van der Waals surface area contributed by atoms with Crippen LogP contribution in [0.4, 0.5) is 10.1 Å². The van der Waals surface area contributed by atoms with Crippen molar-refractivity contribution >= 4 is 22.5 Å². The van der Waals surface area contributed by atoms with E-state index in [0.717, 1.165) is 16.8 Å². The molecule has 6 nitrogen and oxygen atoms in total. The Balaban J connectivity index is 1.84. The first-order valence-electron chi connectivity index (χ1n) is 8.37. The van der Waals surface area contributed by atoms with Crippen LogP contribution in [0.2, 0.25) is 0 Å². The molecule has 0 unspecified atom stereocenters. The van der Waals surface area contributed by atoms with Crippen molar-refractivity contribution < 1.29 is 13.9 Å². The standard InChI is InChI=1S/C19H21FN4O2/c1-11(2)26-17-7-4-13(20)8-12(17)10-22-14-5-6-16-15(9-14)18(24-23-16)19(25)21-3/h4-9,11,22H,10H2,1-3H3,(H,21,25)(H,23,24). The molecule has 0 aliphatic carbocycles. The number of aromatic nitrogens is 2. The minimum Gasteiger partial charge on any atom is -0.491 e. The molecule has 3 rings (SSSR count). The first-order valence-corrected chi connectivity index (χ1v) is 8.37. The van der Waals surface area contributed by atoms with Crippen molar-refractivity contribution in [3.63, 3.8) is 0 Å². The molecule has 2 aromatic carbocycles. The van der Waals surface area contributed by atoms with E-state index in [-0.39, 0.29) is 17.8 Å². The number of carbonyl (C=O) groups excluding carboxylic acids is 1. The highest BCUT2D eigenvalue weighted by atomic mass is 19.1. The normalized spacial score (nSPS) is 11.0. The molecule has 0 fully saturated rings. The second-order valence-corrected chi connectivity index (χ2v) is 6.18. The zero-order valence-corrected chi connectivity index (χ0v) is 14.9. The molecule has 0 spiro atoms. The minimum atomic E-state index is -0.315. The number of amides is 1. The molecule has 0 saturated carbocycles. The van der Waals surface area contributed by atoms with Gasteiger partial charge in [-0.05, 0) is 50.2 Å². The number of halogens is 1. The van der Waals surface area contributed by atoms with Gasteiger partial charge in [0.1, 0.15) is 11.6 Å². The Morgan fingerprint density at radius 1 is 1.27 bits per heavy atom. The zero-order valence-electron chi connectivity index (χ0n) is 14.9. The lowest BCUT2D eigenvalue weighted by Crippen LogP contribution is -2.18. The molecule has 7 heteroatoms. The first-order chi connectivity index (χ1) is 12.5. The molecule has 3 N–H and O–H groups in total. The lowest BCUT2D eigenvalue weighted by Gasteiger charge is -2.15. The van der Waals surface area contributed by atoms with Crippen molar-refractivity contribution in [2.45, 2.75) is 26.5 Å². The lowest BCUT2D eigenvalue weighted by molar-refractivity contribution is 0.0959. The Hall–Kier alpha value is -3.09. The summed E-state index contributed by atoms with van der Waals surface area (Å²) in [6.07, 6.45) is -0.00314. The van der Waals surface area contributed by atoms with E-state index >= 15 is 0 Å². The molecule has 1 amide bonds. The SMILES string of the molecule is CNC(=O)c1n[nH]c2ccc(NCc3cc(F)ccc3OC(C)C)cc12. The van der Waals surface area contributed by atoms with Gasteiger partial charge in [0.2, 0.25) is 0 Å². The molecule has 0 saturated heterocycles. The topological polar surface area (TPSA) is 79.0 Å². The van der Waals surface area contributed by atoms with E-state index in [1.54, 1.807) is 13.1 Å². The molecule has 1 aromatic heterocycles. The summed E-state index contributed by atoms with van der Waals surface area (Å²) in [5.41, 5.74) is 2.62. The summed E-state index contributed by atoms with van der Waals surface area (Å²) in [6, 6.07) is 10.0. The average molecular weight is 356 g/mol. The van der Waals surface area contributed by atoms with Crippen molar-refractivity contribution in [2.75, 3.05) is 12.4 Å². The van der Waals surface area contributed by atoms with E-state index < -0.39 is 0 Å². The fourth-order valence-corrected chi connectivity index (χ4v) is 2.67. The number of benzene rings is 2. The van der Waals surface area contributed by atoms with Gasteiger partial charge >= 0.3 is 0 Å². The number of hydrogen-bond donors (Lipinski definition) is 3. The van der Waals surface area contributed by atoms with Gasteiger partial charge in [-0.25, -0.2) is 4.39 Å². The number of H-pyrrole nitrogens is 1. The van der Waals surface area contributed by atoms with Crippen LogP contribution in [-0.2, 0) is 6.54 Å². The molecule has 136 valence electrons. The number of nitrogens with zero attached hydrogens (tertiary/aromatic N) is 1. The Labute approximate surface area is 150 Å². The Morgan fingerprint density at radius 2 is 2.08 bits per heavy atom. The number of ether oxygens (including phenoxy) is 1. The van der Waals surface area contributed by atoms with Crippen LogP contribution in [0.3, 0.4) is 0 Å². The molecule has 0 radical (unpaired) electrons. The maximum Gasteiger partial charge on any atom is 0.272 e. The van der Waals surface area contributed by atoms with E-state index in [0.29, 0.717) is 23.4 Å². The maximum absolute atomic E-state index is 13.6. The third-order valence-electron chi connectivity index (χ3n) is 3.87. The molecule has 26 heavy (non-hydrogen) atoms. The number of aromatic amines is 1. The number of fused-ring (bicyclic) bond motifs is 1. The zero-order chi connectivity index (χ0) is 18.7. The van der Waals surface area contributed by atoms with Crippen LogP contribution < -0.4 is 15.4 Å². The van der Waals surface area contributed by atoms with E-state index in [4.69, 9.17) is 4.74 Å². The van der Waals surface area contributed by atoms with Gasteiger partial charge in [0, 0.05) is 30.2 Å². The van der Waals surface area contributed by atoms with Crippen molar-refractivity contribution in [2.24, 2.45) is 0 Å². The number of hydrogen-bond acceptors (Lipinski definition) is 4. The fourth-order valence-electron chi connectivity index (χ4n) is 2.67.